The van der Waals surface area contributed by atoms with Crippen LogP contribution in [0.1, 0.15) is 38.8 Å². The molecule has 0 saturated heterocycles. The fourth-order valence-corrected chi connectivity index (χ4v) is 6.00. The SMILES string of the molecule is C=C(/C=C\C=C/C)C1=Cc2ccc(-c3cccc4c3sc3ccccc34)cc2C(C)(C)C(C)=C1. The van der Waals surface area contributed by atoms with Gasteiger partial charge in [0.25, 0.3) is 0 Å². The third-order valence-electron chi connectivity index (χ3n) is 7.08. The Balaban J connectivity index is 1.67. The van der Waals surface area contributed by atoms with Crippen molar-refractivity contribution in [1.29, 1.82) is 0 Å². The average molecular weight is 459 g/mol. The molecule has 0 N–H and O–H groups in total. The second kappa shape index (κ2) is 8.74. The molecule has 3 aromatic carbocycles. The van der Waals surface area contributed by atoms with Crippen LogP contribution in [0.4, 0.5) is 0 Å². The van der Waals surface area contributed by atoms with E-state index in [1.807, 2.05) is 30.4 Å². The predicted octanol–water partition coefficient (Wildman–Crippen LogP) is 10.0. The highest BCUT2D eigenvalue weighted by atomic mass is 32.1. The third kappa shape index (κ3) is 3.81. The van der Waals surface area contributed by atoms with Crippen LogP contribution in [0.15, 0.2) is 114 Å². The summed E-state index contributed by atoms with van der Waals surface area (Å²) < 4.78 is 2.71. The van der Waals surface area contributed by atoms with Gasteiger partial charge >= 0.3 is 0 Å². The minimum absolute atomic E-state index is 0.0784. The molecule has 168 valence electrons. The molecule has 1 aliphatic rings. The van der Waals surface area contributed by atoms with Crippen LogP contribution < -0.4 is 0 Å². The van der Waals surface area contributed by atoms with Crippen molar-refractivity contribution in [2.45, 2.75) is 33.1 Å². The first kappa shape index (κ1) is 22.4. The maximum Gasteiger partial charge on any atom is 0.0433 e. The monoisotopic (exact) mass is 458 g/mol. The molecule has 0 unspecified atom stereocenters. The van der Waals surface area contributed by atoms with Gasteiger partial charge in [-0.05, 0) is 65.5 Å². The molecule has 34 heavy (non-hydrogen) atoms. The van der Waals surface area contributed by atoms with Gasteiger partial charge in [-0.3, -0.25) is 0 Å². The molecule has 1 heteroatoms. The Hall–Kier alpha value is -3.42. The van der Waals surface area contributed by atoms with Gasteiger partial charge in [0, 0.05) is 25.6 Å². The van der Waals surface area contributed by atoms with Crippen molar-refractivity contribution in [3.8, 4) is 11.1 Å². The number of thiophene rings is 1. The number of hydrogen-bond acceptors (Lipinski definition) is 1. The summed E-state index contributed by atoms with van der Waals surface area (Å²) >= 11 is 1.89. The molecular weight excluding hydrogens is 428 g/mol. The number of fused-ring (bicyclic) bond motifs is 4. The first-order valence-corrected chi connectivity index (χ1v) is 12.7. The van der Waals surface area contributed by atoms with Crippen molar-refractivity contribution in [2.75, 3.05) is 0 Å². The Morgan fingerprint density at radius 3 is 2.53 bits per heavy atom. The van der Waals surface area contributed by atoms with Crippen molar-refractivity contribution in [3.05, 3.63) is 125 Å². The number of allylic oxidation sites excluding steroid dienone is 8. The molecule has 0 nitrogen and oxygen atoms in total. The van der Waals surface area contributed by atoms with E-state index >= 15 is 0 Å². The summed E-state index contributed by atoms with van der Waals surface area (Å²) in [5.74, 6) is 0. The van der Waals surface area contributed by atoms with E-state index < -0.39 is 0 Å². The van der Waals surface area contributed by atoms with Gasteiger partial charge in [-0.1, -0.05) is 105 Å². The molecule has 1 aliphatic carbocycles. The molecule has 0 atom stereocenters. The van der Waals surface area contributed by atoms with E-state index in [0.717, 1.165) is 5.57 Å². The van der Waals surface area contributed by atoms with Crippen molar-refractivity contribution < 1.29 is 0 Å². The topological polar surface area (TPSA) is 0 Å². The number of hydrogen-bond donors (Lipinski definition) is 0. The zero-order valence-electron chi connectivity index (χ0n) is 20.4. The van der Waals surface area contributed by atoms with Crippen molar-refractivity contribution >= 4 is 37.6 Å². The van der Waals surface area contributed by atoms with E-state index in [2.05, 4.69) is 112 Å². The Morgan fingerprint density at radius 2 is 1.71 bits per heavy atom. The van der Waals surface area contributed by atoms with Gasteiger partial charge in [-0.2, -0.15) is 0 Å². The molecule has 0 amide bonds. The van der Waals surface area contributed by atoms with E-state index in [4.69, 9.17) is 0 Å². The maximum atomic E-state index is 4.33. The largest absolute Gasteiger partial charge is 0.135 e. The van der Waals surface area contributed by atoms with Crippen LogP contribution in [0.25, 0.3) is 37.4 Å². The Kier molecular flexibility index (Phi) is 5.75. The Labute approximate surface area is 207 Å². The lowest BCUT2D eigenvalue weighted by molar-refractivity contribution is 0.623. The van der Waals surface area contributed by atoms with Crippen LogP contribution in [0.2, 0.25) is 0 Å². The fraction of sp³-hybridized carbons (Fsp3) is 0.152. The zero-order chi connectivity index (χ0) is 23.9. The molecule has 4 aromatic rings. The van der Waals surface area contributed by atoms with E-state index in [1.165, 1.54) is 53.6 Å². The normalized spacial score (nSPS) is 15.5. The van der Waals surface area contributed by atoms with E-state index in [1.54, 1.807) is 0 Å². The maximum absolute atomic E-state index is 4.33. The summed E-state index contributed by atoms with van der Waals surface area (Å²) in [6, 6.07) is 22.4. The molecule has 0 aliphatic heterocycles. The lowest BCUT2D eigenvalue weighted by atomic mass is 9.76. The molecule has 0 radical (unpaired) electrons. The first-order chi connectivity index (χ1) is 16.4. The molecular formula is C33H30S. The predicted molar refractivity (Wildman–Crippen MR) is 153 cm³/mol. The highest BCUT2D eigenvalue weighted by molar-refractivity contribution is 7.26. The molecule has 0 fully saturated rings. The number of benzene rings is 3. The van der Waals surface area contributed by atoms with Crippen molar-refractivity contribution in [3.63, 3.8) is 0 Å². The number of rotatable bonds is 4. The van der Waals surface area contributed by atoms with Crippen LogP contribution in [0.5, 0.6) is 0 Å². The van der Waals surface area contributed by atoms with Crippen molar-refractivity contribution in [2.24, 2.45) is 0 Å². The molecule has 1 aromatic heterocycles. The smallest absolute Gasteiger partial charge is 0.0433 e. The molecule has 1 heterocycles. The van der Waals surface area contributed by atoms with Gasteiger partial charge in [-0.25, -0.2) is 0 Å². The Morgan fingerprint density at radius 1 is 0.912 bits per heavy atom. The summed E-state index contributed by atoms with van der Waals surface area (Å²) in [6.07, 6.45) is 12.8. The van der Waals surface area contributed by atoms with Crippen molar-refractivity contribution in [1.82, 2.24) is 0 Å². The lowest BCUT2D eigenvalue weighted by Gasteiger charge is -2.28. The first-order valence-electron chi connectivity index (χ1n) is 11.8. The second-order valence-electron chi connectivity index (χ2n) is 9.54. The van der Waals surface area contributed by atoms with Gasteiger partial charge in [-0.15, -0.1) is 11.3 Å². The summed E-state index contributed by atoms with van der Waals surface area (Å²) in [6.45, 7) is 13.3. The van der Waals surface area contributed by atoms with Crippen LogP contribution in [-0.4, -0.2) is 0 Å². The highest BCUT2D eigenvalue weighted by Crippen LogP contribution is 2.43. The van der Waals surface area contributed by atoms with Gasteiger partial charge < -0.3 is 0 Å². The lowest BCUT2D eigenvalue weighted by Crippen LogP contribution is -2.19. The van der Waals surface area contributed by atoms with E-state index in [9.17, 15) is 0 Å². The van der Waals surface area contributed by atoms with Crippen LogP contribution in [0, 0.1) is 0 Å². The average Bonchev–Trinajstić information content (AvgIpc) is 3.18. The van der Waals surface area contributed by atoms with Gasteiger partial charge in [0.15, 0.2) is 0 Å². The summed E-state index contributed by atoms with van der Waals surface area (Å²) in [7, 11) is 0. The molecule has 0 spiro atoms. The highest BCUT2D eigenvalue weighted by Gasteiger charge is 2.28. The molecule has 5 rings (SSSR count). The van der Waals surface area contributed by atoms with Gasteiger partial charge in [0.2, 0.25) is 0 Å². The van der Waals surface area contributed by atoms with E-state index in [-0.39, 0.29) is 5.41 Å². The van der Waals surface area contributed by atoms with Crippen LogP contribution in [-0.2, 0) is 5.41 Å². The summed E-state index contributed by atoms with van der Waals surface area (Å²) in [5.41, 5.74) is 8.68. The Bertz CT molecular complexity index is 1550. The van der Waals surface area contributed by atoms with E-state index in [0.29, 0.717) is 0 Å². The zero-order valence-corrected chi connectivity index (χ0v) is 21.2. The minimum Gasteiger partial charge on any atom is -0.135 e. The molecule has 0 saturated carbocycles. The summed E-state index contributed by atoms with van der Waals surface area (Å²) in [4.78, 5) is 0. The fourth-order valence-electron chi connectivity index (χ4n) is 4.77. The summed E-state index contributed by atoms with van der Waals surface area (Å²) in [5, 5.41) is 2.69. The van der Waals surface area contributed by atoms with Gasteiger partial charge in [0.1, 0.15) is 0 Å². The third-order valence-corrected chi connectivity index (χ3v) is 8.30. The van der Waals surface area contributed by atoms with Gasteiger partial charge in [0.05, 0.1) is 0 Å². The standard InChI is InChI=1S/C33H30S/c1-6-7-8-12-22(2)26-19-23(3)33(4,5)30-21-24(17-18-25(30)20-26)27-14-11-15-29-28-13-9-10-16-31(28)34-32(27)29/h6-21H,2H2,1,3-5H3/b7-6-,12-8-. The van der Waals surface area contributed by atoms with Crippen LogP contribution >= 0.6 is 11.3 Å². The van der Waals surface area contributed by atoms with Crippen LogP contribution in [0.3, 0.4) is 0 Å². The molecule has 0 bridgehead atoms. The second-order valence-corrected chi connectivity index (χ2v) is 10.6. The minimum atomic E-state index is -0.0784. The quantitative estimate of drug-likeness (QED) is 0.267.